The Bertz CT molecular complexity index is 1040. The van der Waals surface area contributed by atoms with Crippen molar-refractivity contribution in [1.82, 2.24) is 9.88 Å². The Morgan fingerprint density at radius 1 is 1.19 bits per heavy atom. The number of sulfonamides is 1. The highest BCUT2D eigenvalue weighted by molar-refractivity contribution is 7.90. The summed E-state index contributed by atoms with van der Waals surface area (Å²) < 4.78 is 26.7. The minimum atomic E-state index is -3.40. The first-order valence-electron chi connectivity index (χ1n) is 7.81. The summed E-state index contributed by atoms with van der Waals surface area (Å²) in [5.74, 6) is 0.00450. The average molecular weight is 386 g/mol. The van der Waals surface area contributed by atoms with Gasteiger partial charge < -0.3 is 10.2 Å². The zero-order valence-electron chi connectivity index (χ0n) is 13.5. The van der Waals surface area contributed by atoms with E-state index in [-0.39, 0.29) is 18.2 Å². The first-order valence-corrected chi connectivity index (χ1v) is 10.3. The molecule has 2 aromatic rings. The topological polar surface area (TPSA) is 91.7 Å². The van der Waals surface area contributed by atoms with Crippen LogP contribution in [0.15, 0.2) is 64.2 Å². The van der Waals surface area contributed by atoms with Crippen molar-refractivity contribution in [2.75, 3.05) is 17.6 Å². The molecule has 0 bridgehead atoms. The van der Waals surface area contributed by atoms with Crippen LogP contribution in [0.4, 0.5) is 5.69 Å². The van der Waals surface area contributed by atoms with Gasteiger partial charge in [-0.25, -0.2) is 13.4 Å². The van der Waals surface area contributed by atoms with Gasteiger partial charge in [-0.2, -0.15) is 0 Å². The van der Waals surface area contributed by atoms with Gasteiger partial charge in [0.05, 0.1) is 11.3 Å². The number of amidine groups is 1. The van der Waals surface area contributed by atoms with Gasteiger partial charge in [0.1, 0.15) is 10.8 Å². The molecule has 0 saturated heterocycles. The summed E-state index contributed by atoms with van der Waals surface area (Å²) in [5, 5.41) is 5.67. The van der Waals surface area contributed by atoms with Gasteiger partial charge in [-0.1, -0.05) is 0 Å². The zero-order chi connectivity index (χ0) is 18.1. The van der Waals surface area contributed by atoms with Crippen molar-refractivity contribution in [2.24, 2.45) is 4.40 Å². The minimum absolute atomic E-state index is 0.0616. The number of hydrogen-bond acceptors (Lipinski definition) is 6. The molecule has 7 nitrogen and oxygen atoms in total. The molecule has 0 aliphatic carbocycles. The molecule has 1 amide bonds. The Morgan fingerprint density at radius 2 is 2.00 bits per heavy atom. The SMILES string of the molecule is O=C(Nc1ccc(-c2nccs2)cc1)C1=CN2CCS(=O)(=O)N=C2C=C1. The second-order valence-electron chi connectivity index (χ2n) is 5.72. The van der Waals surface area contributed by atoms with Crippen molar-refractivity contribution < 1.29 is 13.2 Å². The molecule has 1 aromatic carbocycles. The Kier molecular flexibility index (Phi) is 4.17. The summed E-state index contributed by atoms with van der Waals surface area (Å²) in [6.45, 7) is 0.283. The Labute approximate surface area is 154 Å². The molecule has 0 atom stereocenters. The van der Waals surface area contributed by atoms with Crippen molar-refractivity contribution in [3.05, 3.63) is 59.8 Å². The summed E-state index contributed by atoms with van der Waals surface area (Å²) in [6.07, 6.45) is 6.47. The first-order chi connectivity index (χ1) is 12.5. The van der Waals surface area contributed by atoms with E-state index in [1.807, 2.05) is 29.6 Å². The zero-order valence-corrected chi connectivity index (χ0v) is 15.1. The fourth-order valence-corrected chi connectivity index (χ4v) is 4.21. The molecule has 0 radical (unpaired) electrons. The molecule has 26 heavy (non-hydrogen) atoms. The molecule has 0 unspecified atom stereocenters. The van der Waals surface area contributed by atoms with E-state index in [1.54, 1.807) is 34.7 Å². The van der Waals surface area contributed by atoms with Gasteiger partial charge >= 0.3 is 0 Å². The number of fused-ring (bicyclic) bond motifs is 1. The highest BCUT2D eigenvalue weighted by Crippen LogP contribution is 2.24. The molecule has 2 aliphatic rings. The Hall–Kier alpha value is -2.78. The normalized spacial score (nSPS) is 17.9. The summed E-state index contributed by atoms with van der Waals surface area (Å²) >= 11 is 1.55. The Balaban J connectivity index is 1.47. The quantitative estimate of drug-likeness (QED) is 0.873. The molecule has 0 spiro atoms. The van der Waals surface area contributed by atoms with Gasteiger partial charge in [-0.05, 0) is 36.4 Å². The average Bonchev–Trinajstić information content (AvgIpc) is 3.16. The summed E-state index contributed by atoms with van der Waals surface area (Å²) in [7, 11) is -3.40. The molecule has 2 aliphatic heterocycles. The number of hydrogen-bond donors (Lipinski definition) is 1. The summed E-state index contributed by atoms with van der Waals surface area (Å²) in [4.78, 5) is 18.4. The second-order valence-corrected chi connectivity index (χ2v) is 8.36. The van der Waals surface area contributed by atoms with Crippen molar-refractivity contribution in [1.29, 1.82) is 0 Å². The van der Waals surface area contributed by atoms with E-state index in [1.165, 1.54) is 6.08 Å². The van der Waals surface area contributed by atoms with Crippen molar-refractivity contribution in [3.63, 3.8) is 0 Å². The van der Waals surface area contributed by atoms with E-state index in [9.17, 15) is 13.2 Å². The number of nitrogens with one attached hydrogen (secondary N) is 1. The first kappa shape index (κ1) is 16.7. The van der Waals surface area contributed by atoms with Crippen molar-refractivity contribution in [3.8, 4) is 10.6 Å². The molecule has 1 aromatic heterocycles. The van der Waals surface area contributed by atoms with Crippen LogP contribution >= 0.6 is 11.3 Å². The van der Waals surface area contributed by atoms with Crippen LogP contribution in [0.3, 0.4) is 0 Å². The van der Waals surface area contributed by atoms with Crippen LogP contribution in [-0.4, -0.2) is 42.3 Å². The molecule has 4 rings (SSSR count). The van der Waals surface area contributed by atoms with Crippen LogP contribution in [0.2, 0.25) is 0 Å². The number of amides is 1. The molecular formula is C17H14N4O3S2. The fourth-order valence-electron chi connectivity index (χ4n) is 2.60. The fraction of sp³-hybridized carbons (Fsp3) is 0.118. The largest absolute Gasteiger partial charge is 0.330 e. The highest BCUT2D eigenvalue weighted by Gasteiger charge is 2.24. The third-order valence-corrected chi connectivity index (χ3v) is 5.89. The molecular weight excluding hydrogens is 372 g/mol. The number of carbonyl (C=O) groups excluding carboxylic acids is 1. The molecule has 1 N–H and O–H groups in total. The maximum absolute atomic E-state index is 12.5. The number of aromatic nitrogens is 1. The molecule has 132 valence electrons. The van der Waals surface area contributed by atoms with Crippen LogP contribution in [0.25, 0.3) is 10.6 Å². The maximum atomic E-state index is 12.5. The van der Waals surface area contributed by atoms with Gasteiger partial charge in [0.15, 0.2) is 0 Å². The van der Waals surface area contributed by atoms with Crippen LogP contribution in [0.5, 0.6) is 0 Å². The number of rotatable bonds is 3. The number of nitrogens with zero attached hydrogens (tertiary/aromatic N) is 3. The van der Waals surface area contributed by atoms with Crippen LogP contribution in [0, 0.1) is 0 Å². The van der Waals surface area contributed by atoms with E-state index < -0.39 is 10.0 Å². The smallest absolute Gasteiger partial charge is 0.257 e. The third kappa shape index (κ3) is 3.44. The van der Waals surface area contributed by atoms with E-state index in [0.29, 0.717) is 17.1 Å². The number of thiazole rings is 1. The van der Waals surface area contributed by atoms with Gasteiger partial charge in [-0.15, -0.1) is 15.7 Å². The van der Waals surface area contributed by atoms with Crippen molar-refractivity contribution >= 4 is 38.8 Å². The van der Waals surface area contributed by atoms with E-state index in [2.05, 4.69) is 14.7 Å². The second kappa shape index (κ2) is 6.50. The summed E-state index contributed by atoms with van der Waals surface area (Å²) in [5.41, 5.74) is 2.10. The maximum Gasteiger partial charge on any atom is 0.257 e. The predicted molar refractivity (Wildman–Crippen MR) is 101 cm³/mol. The van der Waals surface area contributed by atoms with E-state index in [0.717, 1.165) is 10.6 Å². The third-order valence-electron chi connectivity index (χ3n) is 3.91. The number of anilines is 1. The van der Waals surface area contributed by atoms with Crippen LogP contribution in [0.1, 0.15) is 0 Å². The van der Waals surface area contributed by atoms with Gasteiger partial charge in [0.25, 0.3) is 15.9 Å². The highest BCUT2D eigenvalue weighted by atomic mass is 32.2. The van der Waals surface area contributed by atoms with Gasteiger partial charge in [0.2, 0.25) is 0 Å². The molecule has 0 fully saturated rings. The number of benzene rings is 1. The van der Waals surface area contributed by atoms with Crippen molar-refractivity contribution in [2.45, 2.75) is 0 Å². The van der Waals surface area contributed by atoms with Gasteiger partial charge in [0, 0.05) is 35.6 Å². The lowest BCUT2D eigenvalue weighted by Crippen LogP contribution is -2.37. The molecule has 0 saturated carbocycles. The minimum Gasteiger partial charge on any atom is -0.330 e. The van der Waals surface area contributed by atoms with Gasteiger partial charge in [-0.3, -0.25) is 4.79 Å². The van der Waals surface area contributed by atoms with E-state index in [4.69, 9.17) is 0 Å². The lowest BCUT2D eigenvalue weighted by molar-refractivity contribution is -0.112. The predicted octanol–water partition coefficient (Wildman–Crippen LogP) is 2.25. The van der Waals surface area contributed by atoms with Crippen LogP contribution in [-0.2, 0) is 14.8 Å². The lowest BCUT2D eigenvalue weighted by atomic mass is 10.1. The molecule has 3 heterocycles. The van der Waals surface area contributed by atoms with Crippen LogP contribution < -0.4 is 5.32 Å². The molecule has 9 heteroatoms. The lowest BCUT2D eigenvalue weighted by Gasteiger charge is -2.26. The number of carbonyl (C=O) groups is 1. The monoisotopic (exact) mass is 386 g/mol. The standard InChI is InChI=1S/C17H14N4O3S2/c22-16(13-3-6-15-20-26(23,24)10-8-21(15)11-13)19-14-4-1-12(2-5-14)17-18-7-9-25-17/h1-7,9,11H,8,10H2,(H,19,22). The Morgan fingerprint density at radius 3 is 2.73 bits per heavy atom. The summed E-state index contributed by atoms with van der Waals surface area (Å²) in [6, 6.07) is 7.45. The van der Waals surface area contributed by atoms with E-state index >= 15 is 0 Å².